The Kier molecular flexibility index (Phi) is 6.32. The Balaban J connectivity index is 1.51. The summed E-state index contributed by atoms with van der Waals surface area (Å²) in [5, 5.41) is 7.40. The highest BCUT2D eigenvalue weighted by atomic mass is 19.1. The molecule has 1 N–H and O–H groups in total. The van der Waals surface area contributed by atoms with E-state index in [4.69, 9.17) is 4.74 Å². The van der Waals surface area contributed by atoms with Crippen LogP contribution in [0.1, 0.15) is 27.3 Å². The summed E-state index contributed by atoms with van der Waals surface area (Å²) in [6.07, 6.45) is 0.110. The Morgan fingerprint density at radius 2 is 1.75 bits per heavy atom. The summed E-state index contributed by atoms with van der Waals surface area (Å²) < 4.78 is 20.3. The first-order chi connectivity index (χ1) is 15.4. The predicted octanol–water partition coefficient (Wildman–Crippen LogP) is 3.28. The maximum Gasteiger partial charge on any atom is 0.256 e. The lowest BCUT2D eigenvalue weighted by Crippen LogP contribution is -2.41. The van der Waals surface area contributed by atoms with Crippen molar-refractivity contribution in [2.24, 2.45) is 0 Å². The quantitative estimate of drug-likeness (QED) is 0.666. The Morgan fingerprint density at radius 3 is 2.47 bits per heavy atom. The van der Waals surface area contributed by atoms with Crippen LogP contribution in [0.3, 0.4) is 0 Å². The topological polar surface area (TPSA) is 76.5 Å². The number of carbonyl (C=O) groups is 2. The van der Waals surface area contributed by atoms with E-state index in [-0.39, 0.29) is 24.1 Å². The molecule has 2 heterocycles. The second kappa shape index (κ2) is 9.32. The van der Waals surface area contributed by atoms with E-state index in [0.29, 0.717) is 37.6 Å². The lowest BCUT2D eigenvalue weighted by Gasteiger charge is -2.27. The predicted molar refractivity (Wildman–Crippen MR) is 118 cm³/mol. The Morgan fingerprint density at radius 1 is 1.06 bits per heavy atom. The molecular weight excluding hydrogens is 411 g/mol. The highest BCUT2D eigenvalue weighted by molar-refractivity contribution is 6.04. The van der Waals surface area contributed by atoms with Gasteiger partial charge < -0.3 is 15.0 Å². The minimum Gasteiger partial charge on any atom is -0.378 e. The number of halogens is 1. The number of benzene rings is 2. The van der Waals surface area contributed by atoms with E-state index < -0.39 is 0 Å². The average molecular weight is 436 g/mol. The van der Waals surface area contributed by atoms with Gasteiger partial charge in [0.25, 0.3) is 5.91 Å². The van der Waals surface area contributed by atoms with Crippen molar-refractivity contribution in [1.29, 1.82) is 0 Å². The number of anilines is 1. The normalized spacial score (nSPS) is 13.8. The third-order valence-corrected chi connectivity index (χ3v) is 5.58. The minimum atomic E-state index is -0.319. The third-order valence-electron chi connectivity index (χ3n) is 5.58. The fraction of sp³-hybridized carbons (Fsp3) is 0.292. The maximum atomic E-state index is 13.3. The Bertz CT molecular complexity index is 1130. The summed E-state index contributed by atoms with van der Waals surface area (Å²) in [5.74, 6) is -0.682. The first kappa shape index (κ1) is 21.7. The molecule has 7 nitrogen and oxygen atoms in total. The van der Waals surface area contributed by atoms with Crippen LogP contribution in [0.25, 0.3) is 5.69 Å². The molecule has 4 rings (SSSR count). The number of nitrogens with one attached hydrogen (secondary N) is 1. The van der Waals surface area contributed by atoms with Crippen LogP contribution in [0.2, 0.25) is 0 Å². The van der Waals surface area contributed by atoms with Gasteiger partial charge in [-0.25, -0.2) is 9.07 Å². The number of ether oxygens (including phenoxy) is 1. The van der Waals surface area contributed by atoms with Crippen molar-refractivity contribution in [3.63, 3.8) is 0 Å². The zero-order valence-electron chi connectivity index (χ0n) is 18.1. The molecule has 1 aromatic heterocycles. The zero-order valence-corrected chi connectivity index (χ0v) is 18.1. The van der Waals surface area contributed by atoms with Gasteiger partial charge in [0.1, 0.15) is 5.82 Å². The highest BCUT2D eigenvalue weighted by Gasteiger charge is 2.22. The fourth-order valence-corrected chi connectivity index (χ4v) is 3.83. The number of hydrogen-bond acceptors (Lipinski definition) is 4. The SMILES string of the molecule is Cc1nn(-c2ccc(F)cc2)c(C)c1CC(=O)Nc1ccccc1C(=O)N1CCOCC1. The van der Waals surface area contributed by atoms with Crippen LogP contribution >= 0.6 is 0 Å². The van der Waals surface area contributed by atoms with Crippen LogP contribution in [0, 0.1) is 19.7 Å². The van der Waals surface area contributed by atoms with E-state index in [9.17, 15) is 14.0 Å². The molecule has 0 radical (unpaired) electrons. The van der Waals surface area contributed by atoms with Gasteiger partial charge in [-0.15, -0.1) is 0 Å². The first-order valence-electron chi connectivity index (χ1n) is 10.5. The van der Waals surface area contributed by atoms with Gasteiger partial charge in [-0.3, -0.25) is 9.59 Å². The highest BCUT2D eigenvalue weighted by Crippen LogP contribution is 2.21. The number of aryl methyl sites for hydroxylation is 1. The first-order valence-corrected chi connectivity index (χ1v) is 10.5. The van der Waals surface area contributed by atoms with E-state index >= 15 is 0 Å². The molecule has 1 aliphatic rings. The molecule has 1 aliphatic heterocycles. The summed E-state index contributed by atoms with van der Waals surface area (Å²) in [6, 6.07) is 13.1. The van der Waals surface area contributed by atoms with Gasteiger partial charge in [0.15, 0.2) is 0 Å². The van der Waals surface area contributed by atoms with Crippen molar-refractivity contribution in [3.8, 4) is 5.69 Å². The number of carbonyl (C=O) groups excluding carboxylic acids is 2. The van der Waals surface area contributed by atoms with E-state index in [0.717, 1.165) is 22.6 Å². The van der Waals surface area contributed by atoms with E-state index in [1.807, 2.05) is 13.8 Å². The van der Waals surface area contributed by atoms with Crippen LogP contribution in [0.15, 0.2) is 48.5 Å². The number of hydrogen-bond donors (Lipinski definition) is 1. The third kappa shape index (κ3) is 4.55. The van der Waals surface area contributed by atoms with Gasteiger partial charge in [-0.2, -0.15) is 5.10 Å². The molecule has 0 spiro atoms. The van der Waals surface area contributed by atoms with Crippen LogP contribution in [-0.2, 0) is 16.0 Å². The van der Waals surface area contributed by atoms with Gasteiger partial charge in [0.2, 0.25) is 5.91 Å². The molecule has 2 aromatic carbocycles. The van der Waals surface area contributed by atoms with Crippen LogP contribution in [0.4, 0.5) is 10.1 Å². The lowest BCUT2D eigenvalue weighted by atomic mass is 10.1. The second-order valence-electron chi connectivity index (χ2n) is 7.71. The molecule has 0 atom stereocenters. The standard InChI is InChI=1S/C24H25FN4O3/c1-16-21(17(2)29(27-16)19-9-7-18(25)8-10-19)15-23(30)26-22-6-4-3-5-20(22)24(31)28-11-13-32-14-12-28/h3-10H,11-15H2,1-2H3,(H,26,30). The monoisotopic (exact) mass is 436 g/mol. The Labute approximate surface area is 185 Å². The van der Waals surface area contributed by atoms with Crippen molar-refractivity contribution in [3.05, 3.63) is 76.9 Å². The summed E-state index contributed by atoms with van der Waals surface area (Å²) in [4.78, 5) is 27.5. The van der Waals surface area contributed by atoms with Gasteiger partial charge in [-0.05, 0) is 50.2 Å². The molecule has 0 saturated carbocycles. The molecule has 0 aliphatic carbocycles. The van der Waals surface area contributed by atoms with Crippen LogP contribution in [0.5, 0.6) is 0 Å². The van der Waals surface area contributed by atoms with E-state index in [1.165, 1.54) is 12.1 Å². The summed E-state index contributed by atoms with van der Waals surface area (Å²) in [5.41, 5.74) is 3.99. The second-order valence-corrected chi connectivity index (χ2v) is 7.71. The zero-order chi connectivity index (χ0) is 22.7. The maximum absolute atomic E-state index is 13.3. The van der Waals surface area contributed by atoms with Crippen molar-refractivity contribution < 1.29 is 18.7 Å². The number of amides is 2. The lowest BCUT2D eigenvalue weighted by molar-refractivity contribution is -0.115. The summed E-state index contributed by atoms with van der Waals surface area (Å²) >= 11 is 0. The molecular formula is C24H25FN4O3. The summed E-state index contributed by atoms with van der Waals surface area (Å²) in [6.45, 7) is 5.80. The van der Waals surface area contributed by atoms with Crippen LogP contribution < -0.4 is 5.32 Å². The van der Waals surface area contributed by atoms with E-state index in [1.54, 1.807) is 46.0 Å². The van der Waals surface area contributed by atoms with Crippen molar-refractivity contribution >= 4 is 17.5 Å². The molecule has 2 amide bonds. The van der Waals surface area contributed by atoms with Crippen molar-refractivity contribution in [1.82, 2.24) is 14.7 Å². The molecule has 8 heteroatoms. The molecule has 3 aromatic rings. The number of aromatic nitrogens is 2. The van der Waals surface area contributed by atoms with Gasteiger partial charge in [0, 0.05) is 24.3 Å². The molecule has 32 heavy (non-hydrogen) atoms. The van der Waals surface area contributed by atoms with Crippen molar-refractivity contribution in [2.45, 2.75) is 20.3 Å². The smallest absolute Gasteiger partial charge is 0.256 e. The number of para-hydroxylation sites is 1. The number of rotatable bonds is 5. The van der Waals surface area contributed by atoms with Gasteiger partial charge in [0.05, 0.1) is 42.3 Å². The molecule has 0 unspecified atom stereocenters. The number of morpholine rings is 1. The number of nitrogens with zero attached hydrogens (tertiary/aromatic N) is 3. The largest absolute Gasteiger partial charge is 0.378 e. The molecule has 1 fully saturated rings. The molecule has 0 bridgehead atoms. The Hall–Kier alpha value is -3.52. The molecule has 1 saturated heterocycles. The molecule has 166 valence electrons. The minimum absolute atomic E-state index is 0.110. The van der Waals surface area contributed by atoms with Crippen molar-refractivity contribution in [2.75, 3.05) is 31.6 Å². The van der Waals surface area contributed by atoms with Crippen LogP contribution in [-0.4, -0.2) is 52.8 Å². The van der Waals surface area contributed by atoms with E-state index in [2.05, 4.69) is 10.4 Å². The fourth-order valence-electron chi connectivity index (χ4n) is 3.83. The summed E-state index contributed by atoms with van der Waals surface area (Å²) in [7, 11) is 0. The van der Waals surface area contributed by atoms with Gasteiger partial charge in [-0.1, -0.05) is 12.1 Å². The average Bonchev–Trinajstić information content (AvgIpc) is 3.08. The van der Waals surface area contributed by atoms with Gasteiger partial charge >= 0.3 is 0 Å².